The number of ether oxygens (including phenoxy) is 1. The number of nitrogens with zero attached hydrogens (tertiary/aromatic N) is 2. The van der Waals surface area contributed by atoms with Gasteiger partial charge >= 0.3 is 0 Å². The van der Waals surface area contributed by atoms with Gasteiger partial charge in [-0.25, -0.2) is 0 Å². The second kappa shape index (κ2) is 6.34. The molecule has 1 saturated heterocycles. The molecule has 0 amide bonds. The van der Waals surface area contributed by atoms with Crippen molar-refractivity contribution < 1.29 is 4.74 Å². The summed E-state index contributed by atoms with van der Waals surface area (Å²) in [5.41, 5.74) is 7.30. The van der Waals surface area contributed by atoms with Crippen LogP contribution >= 0.6 is 0 Å². The van der Waals surface area contributed by atoms with Gasteiger partial charge in [0.2, 0.25) is 0 Å². The molecule has 3 atom stereocenters. The van der Waals surface area contributed by atoms with Crippen molar-refractivity contribution in [2.24, 2.45) is 5.73 Å². The van der Waals surface area contributed by atoms with E-state index in [0.717, 1.165) is 31.6 Å². The molecule has 102 valence electrons. The molecule has 1 aliphatic heterocycles. The average molecular weight is 251 g/mol. The minimum absolute atomic E-state index is 0.0746. The highest BCUT2D eigenvalue weighted by Crippen LogP contribution is 2.17. The maximum atomic E-state index is 6.22. The predicted molar refractivity (Wildman–Crippen MR) is 72.5 cm³/mol. The summed E-state index contributed by atoms with van der Waals surface area (Å²) >= 11 is 0. The Morgan fingerprint density at radius 2 is 2.39 bits per heavy atom. The van der Waals surface area contributed by atoms with Crippen molar-refractivity contribution in [1.82, 2.24) is 9.78 Å². The van der Waals surface area contributed by atoms with Crippen LogP contribution in [0, 0.1) is 0 Å². The second-order valence-corrected chi connectivity index (χ2v) is 5.32. The lowest BCUT2D eigenvalue weighted by Gasteiger charge is -2.27. The van der Waals surface area contributed by atoms with Crippen molar-refractivity contribution in [2.75, 3.05) is 6.61 Å². The summed E-state index contributed by atoms with van der Waals surface area (Å²) in [5, 5.41) is 4.60. The first kappa shape index (κ1) is 13.6. The van der Waals surface area contributed by atoms with Crippen molar-refractivity contribution in [1.29, 1.82) is 0 Å². The van der Waals surface area contributed by atoms with E-state index < -0.39 is 0 Å². The van der Waals surface area contributed by atoms with Crippen molar-refractivity contribution in [3.63, 3.8) is 0 Å². The summed E-state index contributed by atoms with van der Waals surface area (Å²) in [6.45, 7) is 5.22. The van der Waals surface area contributed by atoms with E-state index >= 15 is 0 Å². The lowest BCUT2D eigenvalue weighted by Crippen LogP contribution is -2.40. The molecule has 2 N–H and O–H groups in total. The van der Waals surface area contributed by atoms with Gasteiger partial charge in [0.1, 0.15) is 0 Å². The van der Waals surface area contributed by atoms with E-state index in [1.807, 2.05) is 4.68 Å². The van der Waals surface area contributed by atoms with E-state index in [0.29, 0.717) is 6.04 Å². The molecule has 18 heavy (non-hydrogen) atoms. The SMILES string of the molecule is CCC(C)n1ccc(CC(N)C2CCCCO2)n1. The number of rotatable bonds is 5. The Labute approximate surface area is 110 Å². The Morgan fingerprint density at radius 1 is 1.56 bits per heavy atom. The van der Waals surface area contributed by atoms with Crippen molar-refractivity contribution >= 4 is 0 Å². The number of hydrogen-bond donors (Lipinski definition) is 1. The molecule has 2 heterocycles. The lowest BCUT2D eigenvalue weighted by molar-refractivity contribution is 0.000441. The van der Waals surface area contributed by atoms with Crippen molar-refractivity contribution in [3.8, 4) is 0 Å². The summed E-state index contributed by atoms with van der Waals surface area (Å²) in [4.78, 5) is 0. The maximum absolute atomic E-state index is 6.22. The third kappa shape index (κ3) is 3.33. The van der Waals surface area contributed by atoms with Crippen LogP contribution in [0.1, 0.15) is 51.3 Å². The van der Waals surface area contributed by atoms with Crippen LogP contribution in [0.15, 0.2) is 12.3 Å². The molecule has 0 spiro atoms. The third-order valence-electron chi connectivity index (χ3n) is 3.84. The molecule has 4 nitrogen and oxygen atoms in total. The molecule has 0 aromatic carbocycles. The van der Waals surface area contributed by atoms with Crippen LogP contribution in [0.2, 0.25) is 0 Å². The Morgan fingerprint density at radius 3 is 3.06 bits per heavy atom. The first-order valence-corrected chi connectivity index (χ1v) is 7.12. The Bertz CT molecular complexity index is 358. The zero-order valence-electron chi connectivity index (χ0n) is 11.5. The molecular formula is C14H25N3O. The van der Waals surface area contributed by atoms with E-state index in [-0.39, 0.29) is 12.1 Å². The number of nitrogens with two attached hydrogens (primary N) is 1. The van der Waals surface area contributed by atoms with Crippen LogP contribution in [0.3, 0.4) is 0 Å². The smallest absolute Gasteiger partial charge is 0.0729 e. The van der Waals surface area contributed by atoms with Crippen LogP contribution in [-0.4, -0.2) is 28.5 Å². The summed E-state index contributed by atoms with van der Waals surface area (Å²) in [6, 6.07) is 2.61. The van der Waals surface area contributed by atoms with Crippen LogP contribution in [0.5, 0.6) is 0 Å². The summed E-state index contributed by atoms with van der Waals surface area (Å²) < 4.78 is 7.76. The highest BCUT2D eigenvalue weighted by molar-refractivity contribution is 5.03. The molecule has 1 aliphatic rings. The van der Waals surface area contributed by atoms with Gasteiger partial charge in [-0.1, -0.05) is 6.92 Å². The van der Waals surface area contributed by atoms with Crippen molar-refractivity contribution in [2.45, 2.75) is 64.1 Å². The monoisotopic (exact) mass is 251 g/mol. The molecule has 0 saturated carbocycles. The van der Waals surface area contributed by atoms with Gasteiger partial charge in [0.05, 0.1) is 11.8 Å². The average Bonchev–Trinajstić information content (AvgIpc) is 2.87. The Hall–Kier alpha value is -0.870. The largest absolute Gasteiger partial charge is 0.377 e. The molecule has 0 aliphatic carbocycles. The minimum atomic E-state index is 0.0746. The zero-order chi connectivity index (χ0) is 13.0. The summed E-state index contributed by atoms with van der Waals surface area (Å²) in [6.07, 6.45) is 7.68. The first-order chi connectivity index (χ1) is 8.70. The fourth-order valence-electron chi connectivity index (χ4n) is 2.40. The standard InChI is InChI=1S/C14H25N3O/c1-3-11(2)17-8-7-12(16-17)10-13(15)14-6-4-5-9-18-14/h7-8,11,13-14H,3-6,9-10,15H2,1-2H3. The molecule has 1 fully saturated rings. The zero-order valence-corrected chi connectivity index (χ0v) is 11.5. The quantitative estimate of drug-likeness (QED) is 0.873. The van der Waals surface area contributed by atoms with E-state index in [4.69, 9.17) is 10.5 Å². The topological polar surface area (TPSA) is 53.1 Å². The van der Waals surface area contributed by atoms with Gasteiger partial charge in [0, 0.05) is 31.3 Å². The molecule has 2 rings (SSSR count). The Balaban J connectivity index is 1.90. The van der Waals surface area contributed by atoms with Gasteiger partial charge in [0.15, 0.2) is 0 Å². The molecule has 0 radical (unpaired) electrons. The van der Waals surface area contributed by atoms with Crippen LogP contribution in [0.4, 0.5) is 0 Å². The fraction of sp³-hybridized carbons (Fsp3) is 0.786. The molecule has 4 heteroatoms. The van der Waals surface area contributed by atoms with Gasteiger partial charge in [-0.05, 0) is 38.7 Å². The Kier molecular flexibility index (Phi) is 4.78. The van der Waals surface area contributed by atoms with Crippen LogP contribution in [0.25, 0.3) is 0 Å². The van der Waals surface area contributed by atoms with E-state index in [1.165, 1.54) is 12.8 Å². The molecule has 1 aromatic rings. The molecular weight excluding hydrogens is 226 g/mol. The fourth-order valence-corrected chi connectivity index (χ4v) is 2.40. The molecule has 0 bridgehead atoms. The van der Waals surface area contributed by atoms with E-state index in [1.54, 1.807) is 0 Å². The van der Waals surface area contributed by atoms with Crippen molar-refractivity contribution in [3.05, 3.63) is 18.0 Å². The number of aromatic nitrogens is 2. The van der Waals surface area contributed by atoms with Gasteiger partial charge in [-0.15, -0.1) is 0 Å². The van der Waals surface area contributed by atoms with Crippen LogP contribution in [-0.2, 0) is 11.2 Å². The second-order valence-electron chi connectivity index (χ2n) is 5.32. The maximum Gasteiger partial charge on any atom is 0.0729 e. The van der Waals surface area contributed by atoms with Gasteiger partial charge in [0.25, 0.3) is 0 Å². The van der Waals surface area contributed by atoms with Gasteiger partial charge < -0.3 is 10.5 Å². The van der Waals surface area contributed by atoms with Crippen LogP contribution < -0.4 is 5.73 Å². The predicted octanol–water partition coefficient (Wildman–Crippen LogP) is 2.29. The normalized spacial score (nSPS) is 23.8. The highest BCUT2D eigenvalue weighted by Gasteiger charge is 2.22. The van der Waals surface area contributed by atoms with E-state index in [9.17, 15) is 0 Å². The summed E-state index contributed by atoms with van der Waals surface area (Å²) in [7, 11) is 0. The van der Waals surface area contributed by atoms with Gasteiger partial charge in [-0.2, -0.15) is 5.10 Å². The first-order valence-electron chi connectivity index (χ1n) is 7.12. The molecule has 1 aromatic heterocycles. The van der Waals surface area contributed by atoms with E-state index in [2.05, 4.69) is 31.2 Å². The third-order valence-corrected chi connectivity index (χ3v) is 3.84. The van der Waals surface area contributed by atoms with Gasteiger partial charge in [-0.3, -0.25) is 4.68 Å². The number of hydrogen-bond acceptors (Lipinski definition) is 3. The molecule has 3 unspecified atom stereocenters. The summed E-state index contributed by atoms with van der Waals surface area (Å²) in [5.74, 6) is 0. The lowest BCUT2D eigenvalue weighted by atomic mass is 9.99. The minimum Gasteiger partial charge on any atom is -0.377 e. The highest BCUT2D eigenvalue weighted by atomic mass is 16.5.